The Kier molecular flexibility index (Phi) is 4.77. The molecule has 0 aliphatic rings. The van der Waals surface area contributed by atoms with E-state index in [1.165, 1.54) is 16.7 Å². The Hall–Kier alpha value is -1.06. The fourth-order valence-corrected chi connectivity index (χ4v) is 2.06. The standard InChI is InChI=1S/C13H22N2O/c1-10-7-12(9-15(3)6-5-14)8-11(2)13(10)16-4/h7-8H,5-6,9,14H2,1-4H3. The predicted octanol–water partition coefficient (Wildman–Crippen LogP) is 1.70. The molecule has 16 heavy (non-hydrogen) atoms. The molecule has 0 bridgehead atoms. The van der Waals surface area contributed by atoms with E-state index in [1.54, 1.807) is 7.11 Å². The molecule has 0 atom stereocenters. The first-order chi connectivity index (χ1) is 7.58. The Morgan fingerprint density at radius 2 is 1.81 bits per heavy atom. The van der Waals surface area contributed by atoms with Crippen LogP contribution in [0.4, 0.5) is 0 Å². The SMILES string of the molecule is COc1c(C)cc(CN(C)CCN)cc1C. The van der Waals surface area contributed by atoms with Gasteiger partial charge in [-0.3, -0.25) is 0 Å². The molecule has 90 valence electrons. The van der Waals surface area contributed by atoms with E-state index in [0.29, 0.717) is 6.54 Å². The first-order valence-electron chi connectivity index (χ1n) is 5.61. The van der Waals surface area contributed by atoms with Gasteiger partial charge in [0, 0.05) is 19.6 Å². The van der Waals surface area contributed by atoms with E-state index in [0.717, 1.165) is 18.8 Å². The monoisotopic (exact) mass is 222 g/mol. The average molecular weight is 222 g/mol. The molecule has 0 fully saturated rings. The lowest BCUT2D eigenvalue weighted by molar-refractivity contribution is 0.335. The first-order valence-corrected chi connectivity index (χ1v) is 5.61. The highest BCUT2D eigenvalue weighted by molar-refractivity contribution is 5.43. The van der Waals surface area contributed by atoms with Gasteiger partial charge in [-0.2, -0.15) is 0 Å². The lowest BCUT2D eigenvalue weighted by atomic mass is 10.1. The van der Waals surface area contributed by atoms with Crippen molar-refractivity contribution in [2.75, 3.05) is 27.2 Å². The summed E-state index contributed by atoms with van der Waals surface area (Å²) in [7, 11) is 3.80. The highest BCUT2D eigenvalue weighted by atomic mass is 16.5. The molecule has 0 aromatic heterocycles. The smallest absolute Gasteiger partial charge is 0.124 e. The lowest BCUT2D eigenvalue weighted by Gasteiger charge is -2.17. The number of aryl methyl sites for hydroxylation is 2. The molecule has 1 aromatic carbocycles. The van der Waals surface area contributed by atoms with E-state index in [4.69, 9.17) is 10.5 Å². The van der Waals surface area contributed by atoms with Gasteiger partial charge in [-0.1, -0.05) is 12.1 Å². The van der Waals surface area contributed by atoms with Crippen LogP contribution in [0.25, 0.3) is 0 Å². The fourth-order valence-electron chi connectivity index (χ4n) is 2.06. The highest BCUT2D eigenvalue weighted by Gasteiger charge is 2.06. The van der Waals surface area contributed by atoms with Crippen molar-refractivity contribution in [3.8, 4) is 5.75 Å². The molecule has 3 nitrogen and oxygen atoms in total. The molecule has 1 rings (SSSR count). The van der Waals surface area contributed by atoms with Crippen LogP contribution in [0.1, 0.15) is 16.7 Å². The number of nitrogens with zero attached hydrogens (tertiary/aromatic N) is 1. The quantitative estimate of drug-likeness (QED) is 0.824. The van der Waals surface area contributed by atoms with Crippen LogP contribution in [0, 0.1) is 13.8 Å². The van der Waals surface area contributed by atoms with Gasteiger partial charge >= 0.3 is 0 Å². The number of likely N-dealkylation sites (N-methyl/N-ethyl adjacent to an activating group) is 1. The Bertz CT molecular complexity index is 327. The van der Waals surface area contributed by atoms with Crippen molar-refractivity contribution in [3.63, 3.8) is 0 Å². The predicted molar refractivity (Wildman–Crippen MR) is 67.9 cm³/mol. The van der Waals surface area contributed by atoms with Crippen LogP contribution in [0.15, 0.2) is 12.1 Å². The van der Waals surface area contributed by atoms with Crippen LogP contribution < -0.4 is 10.5 Å². The van der Waals surface area contributed by atoms with Crippen LogP contribution in [0.5, 0.6) is 5.75 Å². The third kappa shape index (κ3) is 3.22. The second-order valence-corrected chi connectivity index (χ2v) is 4.29. The summed E-state index contributed by atoms with van der Waals surface area (Å²) in [6.07, 6.45) is 0. The summed E-state index contributed by atoms with van der Waals surface area (Å²) in [5.41, 5.74) is 9.23. The lowest BCUT2D eigenvalue weighted by Crippen LogP contribution is -2.25. The summed E-state index contributed by atoms with van der Waals surface area (Å²) in [5.74, 6) is 0.991. The van der Waals surface area contributed by atoms with Gasteiger partial charge in [0.2, 0.25) is 0 Å². The summed E-state index contributed by atoms with van der Waals surface area (Å²) in [6, 6.07) is 4.36. The first kappa shape index (κ1) is 13.0. The van der Waals surface area contributed by atoms with Crippen molar-refractivity contribution in [2.24, 2.45) is 5.73 Å². The summed E-state index contributed by atoms with van der Waals surface area (Å²) in [4.78, 5) is 2.22. The number of nitrogens with two attached hydrogens (primary N) is 1. The van der Waals surface area contributed by atoms with Gasteiger partial charge in [0.15, 0.2) is 0 Å². The fraction of sp³-hybridized carbons (Fsp3) is 0.538. The van der Waals surface area contributed by atoms with Crippen molar-refractivity contribution in [3.05, 3.63) is 28.8 Å². The van der Waals surface area contributed by atoms with E-state index >= 15 is 0 Å². The summed E-state index contributed by atoms with van der Waals surface area (Å²) < 4.78 is 5.35. The van der Waals surface area contributed by atoms with Gasteiger partial charge in [0.25, 0.3) is 0 Å². The molecule has 0 unspecified atom stereocenters. The third-order valence-electron chi connectivity index (χ3n) is 2.69. The zero-order valence-corrected chi connectivity index (χ0v) is 10.7. The highest BCUT2D eigenvalue weighted by Crippen LogP contribution is 2.24. The number of hydrogen-bond donors (Lipinski definition) is 1. The normalized spacial score (nSPS) is 10.9. The third-order valence-corrected chi connectivity index (χ3v) is 2.69. The summed E-state index contributed by atoms with van der Waals surface area (Å²) >= 11 is 0. The van der Waals surface area contributed by atoms with E-state index in [1.807, 2.05) is 0 Å². The Morgan fingerprint density at radius 1 is 1.25 bits per heavy atom. The van der Waals surface area contributed by atoms with Crippen molar-refractivity contribution in [1.82, 2.24) is 4.90 Å². The minimum atomic E-state index is 0.699. The molecule has 0 aliphatic carbocycles. The largest absolute Gasteiger partial charge is 0.496 e. The molecular weight excluding hydrogens is 200 g/mol. The maximum absolute atomic E-state index is 5.53. The van der Waals surface area contributed by atoms with Crippen LogP contribution in [0.3, 0.4) is 0 Å². The van der Waals surface area contributed by atoms with Gasteiger partial charge < -0.3 is 15.4 Å². The van der Waals surface area contributed by atoms with E-state index in [2.05, 4.69) is 37.9 Å². The minimum absolute atomic E-state index is 0.699. The molecule has 0 aliphatic heterocycles. The number of rotatable bonds is 5. The zero-order valence-electron chi connectivity index (χ0n) is 10.7. The molecule has 0 radical (unpaired) electrons. The number of ether oxygens (including phenoxy) is 1. The molecule has 0 heterocycles. The number of methoxy groups -OCH3 is 1. The number of benzene rings is 1. The Labute approximate surface area is 98.2 Å². The molecular formula is C13H22N2O. The number of hydrogen-bond acceptors (Lipinski definition) is 3. The maximum Gasteiger partial charge on any atom is 0.124 e. The van der Waals surface area contributed by atoms with E-state index in [9.17, 15) is 0 Å². The van der Waals surface area contributed by atoms with Crippen LogP contribution >= 0.6 is 0 Å². The van der Waals surface area contributed by atoms with Crippen molar-refractivity contribution >= 4 is 0 Å². The molecule has 0 amide bonds. The van der Waals surface area contributed by atoms with Crippen molar-refractivity contribution in [2.45, 2.75) is 20.4 Å². The van der Waals surface area contributed by atoms with Gasteiger partial charge in [-0.25, -0.2) is 0 Å². The van der Waals surface area contributed by atoms with E-state index < -0.39 is 0 Å². The van der Waals surface area contributed by atoms with Crippen molar-refractivity contribution in [1.29, 1.82) is 0 Å². The average Bonchev–Trinajstić information content (AvgIpc) is 2.17. The molecule has 0 saturated heterocycles. The summed E-state index contributed by atoms with van der Waals surface area (Å²) in [5, 5.41) is 0. The van der Waals surface area contributed by atoms with Gasteiger partial charge in [0.1, 0.15) is 5.75 Å². The minimum Gasteiger partial charge on any atom is -0.496 e. The molecule has 0 saturated carbocycles. The van der Waals surface area contributed by atoms with Crippen LogP contribution in [0.2, 0.25) is 0 Å². The zero-order chi connectivity index (χ0) is 12.1. The molecule has 2 N–H and O–H groups in total. The van der Waals surface area contributed by atoms with Crippen LogP contribution in [-0.4, -0.2) is 32.1 Å². The molecule has 3 heteroatoms. The second-order valence-electron chi connectivity index (χ2n) is 4.29. The van der Waals surface area contributed by atoms with Gasteiger partial charge in [0.05, 0.1) is 7.11 Å². The maximum atomic E-state index is 5.53. The van der Waals surface area contributed by atoms with E-state index in [-0.39, 0.29) is 0 Å². The molecule has 0 spiro atoms. The van der Waals surface area contributed by atoms with Crippen molar-refractivity contribution < 1.29 is 4.74 Å². The Balaban J connectivity index is 2.83. The van der Waals surface area contributed by atoms with Gasteiger partial charge in [-0.15, -0.1) is 0 Å². The van der Waals surface area contributed by atoms with Gasteiger partial charge in [-0.05, 0) is 37.6 Å². The summed E-state index contributed by atoms with van der Waals surface area (Å²) in [6.45, 7) is 6.72. The Morgan fingerprint density at radius 3 is 2.25 bits per heavy atom. The second kappa shape index (κ2) is 5.87. The topological polar surface area (TPSA) is 38.5 Å². The molecule has 1 aromatic rings. The van der Waals surface area contributed by atoms with Crippen LogP contribution in [-0.2, 0) is 6.54 Å².